The van der Waals surface area contributed by atoms with E-state index in [1.807, 2.05) is 38.1 Å². The molecule has 9 heteroatoms. The molecule has 8 nitrogen and oxygen atoms in total. The summed E-state index contributed by atoms with van der Waals surface area (Å²) >= 11 is 0. The molecule has 0 amide bonds. The van der Waals surface area contributed by atoms with E-state index in [2.05, 4.69) is 15.1 Å². The molecule has 0 radical (unpaired) electrons. The highest BCUT2D eigenvalue weighted by Gasteiger charge is 2.17. The predicted molar refractivity (Wildman–Crippen MR) is 100 cm³/mol. The fourth-order valence-corrected chi connectivity index (χ4v) is 3.98. The molecular formula is C17H22N6O2S. The van der Waals surface area contributed by atoms with Crippen molar-refractivity contribution in [1.29, 1.82) is 4.78 Å². The molecule has 2 heterocycles. The molecule has 0 aliphatic heterocycles. The number of nitrogens with one attached hydrogen (secondary N) is 1. The minimum atomic E-state index is -2.94. The standard InChI is InChI=1S/C17H22N6O2S/c1-12-15(16(22(2)3)23-17(21-12)19-11-20-23)10-13-4-6-14(7-5-13)26(18,25)9-8-24/h4-7,11,18,24H,8-10H2,1-3H3. The molecule has 1 unspecified atom stereocenters. The van der Waals surface area contributed by atoms with Crippen molar-refractivity contribution in [3.63, 3.8) is 0 Å². The number of benzene rings is 1. The summed E-state index contributed by atoms with van der Waals surface area (Å²) in [6.45, 7) is 1.68. The molecule has 0 aliphatic rings. The van der Waals surface area contributed by atoms with Gasteiger partial charge in [-0.15, -0.1) is 0 Å². The average Bonchev–Trinajstić information content (AvgIpc) is 3.03. The summed E-state index contributed by atoms with van der Waals surface area (Å²) < 4.78 is 21.8. The third kappa shape index (κ3) is 3.40. The summed E-state index contributed by atoms with van der Waals surface area (Å²) in [5, 5.41) is 13.2. The highest BCUT2D eigenvalue weighted by molar-refractivity contribution is 7.92. The lowest BCUT2D eigenvalue weighted by Gasteiger charge is -2.20. The average molecular weight is 374 g/mol. The molecule has 1 atom stereocenters. The van der Waals surface area contributed by atoms with Crippen LogP contribution in [0.4, 0.5) is 5.82 Å². The number of aryl methyl sites for hydroxylation is 1. The molecule has 0 aliphatic carbocycles. The number of aromatic nitrogens is 4. The van der Waals surface area contributed by atoms with Crippen LogP contribution in [0.1, 0.15) is 16.8 Å². The van der Waals surface area contributed by atoms with Crippen molar-refractivity contribution in [2.75, 3.05) is 31.4 Å². The number of hydrogen-bond donors (Lipinski definition) is 2. The van der Waals surface area contributed by atoms with Gasteiger partial charge in [-0.05, 0) is 24.6 Å². The molecule has 0 saturated heterocycles. The van der Waals surface area contributed by atoms with Crippen molar-refractivity contribution in [3.8, 4) is 0 Å². The van der Waals surface area contributed by atoms with Gasteiger partial charge in [0.2, 0.25) is 0 Å². The van der Waals surface area contributed by atoms with Gasteiger partial charge in [-0.2, -0.15) is 14.6 Å². The first kappa shape index (κ1) is 18.3. The third-order valence-electron chi connectivity index (χ3n) is 4.19. The van der Waals surface area contributed by atoms with E-state index in [9.17, 15) is 4.21 Å². The quantitative estimate of drug-likeness (QED) is 0.677. The Bertz CT molecular complexity index is 1030. The van der Waals surface area contributed by atoms with Crippen LogP contribution in [0.15, 0.2) is 35.5 Å². The molecule has 0 bridgehead atoms. The summed E-state index contributed by atoms with van der Waals surface area (Å²) in [5.74, 6) is 1.42. The highest BCUT2D eigenvalue weighted by Crippen LogP contribution is 2.25. The van der Waals surface area contributed by atoms with E-state index < -0.39 is 9.73 Å². The molecule has 138 valence electrons. The maximum atomic E-state index is 12.2. The predicted octanol–water partition coefficient (Wildman–Crippen LogP) is 1.49. The van der Waals surface area contributed by atoms with E-state index in [-0.39, 0.29) is 12.4 Å². The zero-order valence-corrected chi connectivity index (χ0v) is 15.8. The van der Waals surface area contributed by atoms with Gasteiger partial charge in [0, 0.05) is 36.7 Å². The van der Waals surface area contributed by atoms with Crippen LogP contribution in [0.5, 0.6) is 0 Å². The van der Waals surface area contributed by atoms with Crippen LogP contribution < -0.4 is 4.90 Å². The zero-order valence-electron chi connectivity index (χ0n) is 15.0. The number of hydrogen-bond acceptors (Lipinski definition) is 7. The first-order valence-corrected chi connectivity index (χ1v) is 9.89. The molecule has 2 N–H and O–H groups in total. The van der Waals surface area contributed by atoms with E-state index in [4.69, 9.17) is 9.89 Å². The SMILES string of the molecule is Cc1nc2ncnn2c(N(C)C)c1Cc1ccc(S(=N)(=O)CCO)cc1. The second kappa shape index (κ2) is 7.00. The fourth-order valence-electron chi connectivity index (χ4n) is 2.91. The van der Waals surface area contributed by atoms with E-state index in [1.165, 1.54) is 6.33 Å². The molecule has 26 heavy (non-hydrogen) atoms. The Balaban J connectivity index is 1.99. The van der Waals surface area contributed by atoms with Crippen LogP contribution in [0, 0.1) is 11.7 Å². The molecule has 0 fully saturated rings. The van der Waals surface area contributed by atoms with Gasteiger partial charge in [0.25, 0.3) is 5.78 Å². The van der Waals surface area contributed by atoms with Crippen LogP contribution in [-0.4, -0.2) is 55.4 Å². The van der Waals surface area contributed by atoms with Crippen molar-refractivity contribution >= 4 is 21.3 Å². The maximum Gasteiger partial charge on any atom is 0.254 e. The zero-order chi connectivity index (χ0) is 18.9. The summed E-state index contributed by atoms with van der Waals surface area (Å²) in [6, 6.07) is 7.13. The van der Waals surface area contributed by atoms with Crippen molar-refractivity contribution < 1.29 is 9.32 Å². The van der Waals surface area contributed by atoms with Crippen LogP contribution in [0.25, 0.3) is 5.78 Å². The highest BCUT2D eigenvalue weighted by atomic mass is 32.2. The van der Waals surface area contributed by atoms with E-state index >= 15 is 0 Å². The van der Waals surface area contributed by atoms with Gasteiger partial charge in [0.05, 0.1) is 22.1 Å². The monoisotopic (exact) mass is 374 g/mol. The molecular weight excluding hydrogens is 352 g/mol. The summed E-state index contributed by atoms with van der Waals surface area (Å²) in [4.78, 5) is 11.1. The molecule has 2 aromatic heterocycles. The second-order valence-corrected chi connectivity index (χ2v) is 8.52. The molecule has 0 saturated carbocycles. The molecule has 1 aromatic carbocycles. The van der Waals surface area contributed by atoms with Crippen LogP contribution in [0.3, 0.4) is 0 Å². The minimum absolute atomic E-state index is 0.0525. The van der Waals surface area contributed by atoms with Gasteiger partial charge in [0.1, 0.15) is 12.1 Å². The normalized spacial score (nSPS) is 13.7. The van der Waals surface area contributed by atoms with Gasteiger partial charge in [-0.1, -0.05) is 12.1 Å². The number of nitrogens with zero attached hydrogens (tertiary/aromatic N) is 5. The lowest BCUT2D eigenvalue weighted by molar-refractivity contribution is 0.321. The Morgan fingerprint density at radius 3 is 2.58 bits per heavy atom. The van der Waals surface area contributed by atoms with E-state index in [1.54, 1.807) is 16.6 Å². The van der Waals surface area contributed by atoms with Crippen LogP contribution >= 0.6 is 0 Å². The number of anilines is 1. The number of aliphatic hydroxyl groups excluding tert-OH is 1. The summed E-state index contributed by atoms with van der Waals surface area (Å²) in [7, 11) is 0.958. The van der Waals surface area contributed by atoms with Crippen molar-refractivity contribution in [1.82, 2.24) is 19.6 Å². The Kier molecular flexibility index (Phi) is 4.92. The fraction of sp³-hybridized carbons (Fsp3) is 0.353. The number of fused-ring (bicyclic) bond motifs is 1. The minimum Gasteiger partial charge on any atom is -0.395 e. The number of aliphatic hydroxyl groups is 1. The second-order valence-electron chi connectivity index (χ2n) is 6.29. The van der Waals surface area contributed by atoms with Gasteiger partial charge >= 0.3 is 0 Å². The molecule has 0 spiro atoms. The lowest BCUT2D eigenvalue weighted by atomic mass is 10.0. The Morgan fingerprint density at radius 2 is 1.96 bits per heavy atom. The van der Waals surface area contributed by atoms with Gasteiger partial charge in [-0.3, -0.25) is 0 Å². The summed E-state index contributed by atoms with van der Waals surface area (Å²) in [6.07, 6.45) is 2.11. The van der Waals surface area contributed by atoms with Crippen LogP contribution in [-0.2, 0) is 16.1 Å². The van der Waals surface area contributed by atoms with Crippen molar-refractivity contribution in [2.24, 2.45) is 0 Å². The van der Waals surface area contributed by atoms with Crippen molar-refractivity contribution in [2.45, 2.75) is 18.2 Å². The Hall–Kier alpha value is -2.52. The molecule has 3 rings (SSSR count). The topological polar surface area (TPSA) is 107 Å². The first-order valence-electron chi connectivity index (χ1n) is 8.16. The lowest BCUT2D eigenvalue weighted by Crippen LogP contribution is -2.18. The largest absolute Gasteiger partial charge is 0.395 e. The number of rotatable bonds is 6. The van der Waals surface area contributed by atoms with E-state index in [0.29, 0.717) is 17.1 Å². The smallest absolute Gasteiger partial charge is 0.254 e. The summed E-state index contributed by atoms with van der Waals surface area (Å²) in [5.41, 5.74) is 2.92. The maximum absolute atomic E-state index is 12.2. The molecule has 3 aromatic rings. The Morgan fingerprint density at radius 1 is 1.27 bits per heavy atom. The Labute approximate surface area is 152 Å². The third-order valence-corrected chi connectivity index (χ3v) is 5.98. The van der Waals surface area contributed by atoms with Gasteiger partial charge in [-0.25, -0.2) is 14.0 Å². The first-order chi connectivity index (χ1) is 12.3. The van der Waals surface area contributed by atoms with Crippen molar-refractivity contribution in [3.05, 3.63) is 47.4 Å². The van der Waals surface area contributed by atoms with Gasteiger partial charge < -0.3 is 10.0 Å². The van der Waals surface area contributed by atoms with Crippen LogP contribution in [0.2, 0.25) is 0 Å². The van der Waals surface area contributed by atoms with E-state index in [0.717, 1.165) is 22.6 Å². The van der Waals surface area contributed by atoms with Gasteiger partial charge in [0.15, 0.2) is 0 Å².